The van der Waals surface area contributed by atoms with Gasteiger partial charge in [-0.05, 0) is 44.4 Å². The van der Waals surface area contributed by atoms with Gasteiger partial charge < -0.3 is 5.11 Å². The van der Waals surface area contributed by atoms with Crippen molar-refractivity contribution in [1.29, 1.82) is 0 Å². The average molecular weight is 238 g/mol. The van der Waals surface area contributed by atoms with Crippen LogP contribution in [0.15, 0.2) is 12.2 Å². The molecule has 1 saturated carbocycles. The molecular formula is C15H26O2. The van der Waals surface area contributed by atoms with E-state index in [1.54, 1.807) is 0 Å². The van der Waals surface area contributed by atoms with E-state index in [-0.39, 0.29) is 0 Å². The summed E-state index contributed by atoms with van der Waals surface area (Å²) >= 11 is 0. The van der Waals surface area contributed by atoms with E-state index >= 15 is 0 Å². The second-order valence-electron chi connectivity index (χ2n) is 5.60. The van der Waals surface area contributed by atoms with Gasteiger partial charge in [-0.15, -0.1) is 0 Å². The molecule has 0 bridgehead atoms. The summed E-state index contributed by atoms with van der Waals surface area (Å²) < 4.78 is 0. The molecular weight excluding hydrogens is 212 g/mol. The van der Waals surface area contributed by atoms with Crippen LogP contribution in [0, 0.1) is 11.3 Å². The maximum absolute atomic E-state index is 11.6. The Kier molecular flexibility index (Phi) is 5.23. The Labute approximate surface area is 105 Å². The number of hydrogen-bond acceptors (Lipinski definition) is 1. The van der Waals surface area contributed by atoms with Crippen LogP contribution in [0.5, 0.6) is 0 Å². The summed E-state index contributed by atoms with van der Waals surface area (Å²) in [6, 6.07) is 0. The van der Waals surface area contributed by atoms with E-state index in [1.165, 1.54) is 12.8 Å². The smallest absolute Gasteiger partial charge is 0.309 e. The van der Waals surface area contributed by atoms with E-state index in [1.807, 2.05) is 0 Å². The molecule has 1 aliphatic rings. The van der Waals surface area contributed by atoms with E-state index in [0.717, 1.165) is 43.6 Å². The SMILES string of the molecule is C=C(CC)CC1(C(=O)O)CCC(CCC)CC1. The minimum Gasteiger partial charge on any atom is -0.481 e. The molecule has 0 spiro atoms. The van der Waals surface area contributed by atoms with Gasteiger partial charge in [0, 0.05) is 0 Å². The molecule has 0 amide bonds. The fourth-order valence-corrected chi connectivity index (χ4v) is 3.00. The first-order valence-corrected chi connectivity index (χ1v) is 6.94. The van der Waals surface area contributed by atoms with Crippen LogP contribution in [-0.4, -0.2) is 11.1 Å². The van der Waals surface area contributed by atoms with Gasteiger partial charge in [0.15, 0.2) is 0 Å². The first-order chi connectivity index (χ1) is 8.04. The van der Waals surface area contributed by atoms with Crippen molar-refractivity contribution in [3.63, 3.8) is 0 Å². The van der Waals surface area contributed by atoms with Crippen LogP contribution in [-0.2, 0) is 4.79 Å². The van der Waals surface area contributed by atoms with Crippen LogP contribution < -0.4 is 0 Å². The number of allylic oxidation sites excluding steroid dienone is 1. The lowest BCUT2D eigenvalue weighted by Gasteiger charge is -2.37. The van der Waals surface area contributed by atoms with Crippen LogP contribution in [0.2, 0.25) is 0 Å². The highest BCUT2D eigenvalue weighted by molar-refractivity contribution is 5.75. The average Bonchev–Trinajstić information content (AvgIpc) is 2.31. The molecule has 0 aromatic rings. The Morgan fingerprint density at radius 3 is 2.35 bits per heavy atom. The molecule has 1 N–H and O–H groups in total. The Morgan fingerprint density at radius 1 is 1.35 bits per heavy atom. The fraction of sp³-hybridized carbons (Fsp3) is 0.800. The van der Waals surface area contributed by atoms with Crippen molar-refractivity contribution < 1.29 is 9.90 Å². The maximum atomic E-state index is 11.6. The molecule has 1 rings (SSSR count). The molecule has 0 saturated heterocycles. The highest BCUT2D eigenvalue weighted by Crippen LogP contribution is 2.44. The number of carboxylic acids is 1. The van der Waals surface area contributed by atoms with Crippen molar-refractivity contribution in [2.45, 2.75) is 65.2 Å². The summed E-state index contributed by atoms with van der Waals surface area (Å²) in [5.74, 6) is 0.143. The zero-order valence-corrected chi connectivity index (χ0v) is 11.3. The van der Waals surface area contributed by atoms with Gasteiger partial charge in [-0.3, -0.25) is 4.79 Å². The van der Waals surface area contributed by atoms with Crippen molar-refractivity contribution in [1.82, 2.24) is 0 Å². The lowest BCUT2D eigenvalue weighted by molar-refractivity contribution is -0.151. The number of carboxylic acid groups (broad SMARTS) is 1. The Bertz CT molecular complexity index is 273. The molecule has 2 nitrogen and oxygen atoms in total. The quantitative estimate of drug-likeness (QED) is 0.696. The van der Waals surface area contributed by atoms with Crippen molar-refractivity contribution in [3.05, 3.63) is 12.2 Å². The monoisotopic (exact) mass is 238 g/mol. The third-order valence-corrected chi connectivity index (χ3v) is 4.30. The second kappa shape index (κ2) is 6.23. The second-order valence-corrected chi connectivity index (χ2v) is 5.60. The standard InChI is InChI=1S/C15H26O2/c1-4-6-13-7-9-15(10-8-13,14(16)17)11-12(3)5-2/h13H,3-11H2,1-2H3,(H,16,17). The predicted octanol–water partition coefficient (Wildman–Crippen LogP) is 4.40. The molecule has 0 heterocycles. The van der Waals surface area contributed by atoms with E-state index in [9.17, 15) is 9.90 Å². The molecule has 0 aliphatic heterocycles. The predicted molar refractivity (Wildman–Crippen MR) is 71.0 cm³/mol. The van der Waals surface area contributed by atoms with Gasteiger partial charge in [0.05, 0.1) is 5.41 Å². The van der Waals surface area contributed by atoms with Gasteiger partial charge in [0.1, 0.15) is 0 Å². The molecule has 17 heavy (non-hydrogen) atoms. The molecule has 0 radical (unpaired) electrons. The third kappa shape index (κ3) is 3.58. The van der Waals surface area contributed by atoms with Gasteiger partial charge in [0.25, 0.3) is 0 Å². The summed E-state index contributed by atoms with van der Waals surface area (Å²) in [4.78, 5) is 11.6. The molecule has 1 aliphatic carbocycles. The minimum absolute atomic E-state index is 0.503. The molecule has 1 fully saturated rings. The first-order valence-electron chi connectivity index (χ1n) is 6.94. The van der Waals surface area contributed by atoms with E-state index in [0.29, 0.717) is 6.42 Å². The Balaban J connectivity index is 2.63. The summed E-state index contributed by atoms with van der Waals surface area (Å²) in [6.07, 6.45) is 7.88. The van der Waals surface area contributed by atoms with Crippen LogP contribution in [0.3, 0.4) is 0 Å². The topological polar surface area (TPSA) is 37.3 Å². The van der Waals surface area contributed by atoms with E-state index < -0.39 is 11.4 Å². The molecule has 0 aromatic carbocycles. The zero-order chi connectivity index (χ0) is 12.9. The summed E-state index contributed by atoms with van der Waals surface area (Å²) in [7, 11) is 0. The Hall–Kier alpha value is -0.790. The van der Waals surface area contributed by atoms with Gasteiger partial charge in [-0.25, -0.2) is 0 Å². The summed E-state index contributed by atoms with van der Waals surface area (Å²) in [5.41, 5.74) is 0.582. The van der Waals surface area contributed by atoms with Crippen molar-refractivity contribution in [2.75, 3.05) is 0 Å². The van der Waals surface area contributed by atoms with Crippen molar-refractivity contribution >= 4 is 5.97 Å². The normalized spacial score (nSPS) is 28.9. The van der Waals surface area contributed by atoms with E-state index in [2.05, 4.69) is 20.4 Å². The molecule has 0 aromatic heterocycles. The zero-order valence-electron chi connectivity index (χ0n) is 11.3. The van der Waals surface area contributed by atoms with Crippen LogP contribution >= 0.6 is 0 Å². The molecule has 0 unspecified atom stereocenters. The van der Waals surface area contributed by atoms with E-state index in [4.69, 9.17) is 0 Å². The van der Waals surface area contributed by atoms with Crippen LogP contribution in [0.4, 0.5) is 0 Å². The van der Waals surface area contributed by atoms with Gasteiger partial charge in [0.2, 0.25) is 0 Å². The number of hydrogen-bond donors (Lipinski definition) is 1. The number of rotatable bonds is 6. The van der Waals surface area contributed by atoms with Gasteiger partial charge >= 0.3 is 5.97 Å². The van der Waals surface area contributed by atoms with Crippen LogP contribution in [0.1, 0.15) is 65.2 Å². The summed E-state index contributed by atoms with van der Waals surface area (Å²) in [5, 5.41) is 9.51. The number of aliphatic carboxylic acids is 1. The highest BCUT2D eigenvalue weighted by Gasteiger charge is 2.41. The molecule has 98 valence electrons. The van der Waals surface area contributed by atoms with Gasteiger partial charge in [-0.1, -0.05) is 38.8 Å². The summed E-state index contributed by atoms with van der Waals surface area (Å²) in [6.45, 7) is 8.25. The maximum Gasteiger partial charge on any atom is 0.309 e. The minimum atomic E-state index is -0.609. The molecule has 2 heteroatoms. The first kappa shape index (κ1) is 14.3. The Morgan fingerprint density at radius 2 is 1.94 bits per heavy atom. The lowest BCUT2D eigenvalue weighted by atomic mass is 9.66. The largest absolute Gasteiger partial charge is 0.481 e. The number of carbonyl (C=O) groups is 1. The fourth-order valence-electron chi connectivity index (χ4n) is 3.00. The van der Waals surface area contributed by atoms with Crippen LogP contribution in [0.25, 0.3) is 0 Å². The highest BCUT2D eigenvalue weighted by atomic mass is 16.4. The van der Waals surface area contributed by atoms with Crippen molar-refractivity contribution in [2.24, 2.45) is 11.3 Å². The third-order valence-electron chi connectivity index (χ3n) is 4.30. The molecule has 0 atom stereocenters. The van der Waals surface area contributed by atoms with Gasteiger partial charge in [-0.2, -0.15) is 0 Å². The van der Waals surface area contributed by atoms with Crippen molar-refractivity contribution in [3.8, 4) is 0 Å². The lowest BCUT2D eigenvalue weighted by Crippen LogP contribution is -2.35.